The Morgan fingerprint density at radius 3 is 2.43 bits per heavy atom. The van der Waals surface area contributed by atoms with Crippen molar-refractivity contribution in [3.8, 4) is 0 Å². The Labute approximate surface area is 140 Å². The van der Waals surface area contributed by atoms with Gasteiger partial charge in [0.1, 0.15) is 6.54 Å². The molecule has 1 aliphatic heterocycles. The molecule has 1 aliphatic rings. The van der Waals surface area contributed by atoms with Crippen molar-refractivity contribution < 1.29 is 9.82 Å². The zero-order valence-electron chi connectivity index (χ0n) is 12.7. The van der Waals surface area contributed by atoms with Crippen molar-refractivity contribution in [2.45, 2.75) is 6.54 Å². The molecule has 0 radical (unpaired) electrons. The number of hydrogen-bond acceptors (Lipinski definition) is 3. The van der Waals surface area contributed by atoms with Gasteiger partial charge >= 0.3 is 0 Å². The topological polar surface area (TPSA) is 50.8 Å². The Hall–Kier alpha value is -2.11. The number of nitrogens with one attached hydrogen (secondary N) is 1. The lowest BCUT2D eigenvalue weighted by Gasteiger charge is -2.34. The molecular formula is C17H19ClN3O2+. The normalized spacial score (nSPS) is 15.6. The largest absolute Gasteiger partial charge is 0.359 e. The van der Waals surface area contributed by atoms with Crippen molar-refractivity contribution in [1.29, 1.82) is 0 Å². The van der Waals surface area contributed by atoms with Gasteiger partial charge in [0.2, 0.25) is 0 Å². The highest BCUT2D eigenvalue weighted by atomic mass is 35.5. The van der Waals surface area contributed by atoms with Crippen LogP contribution in [0.15, 0.2) is 48.5 Å². The van der Waals surface area contributed by atoms with Crippen molar-refractivity contribution in [3.63, 3.8) is 0 Å². The van der Waals surface area contributed by atoms with Crippen molar-refractivity contribution in [3.05, 3.63) is 69.2 Å². The Bertz CT molecular complexity index is 700. The third-order valence-corrected chi connectivity index (χ3v) is 4.61. The molecule has 0 saturated carbocycles. The SMILES string of the molecule is O=[N+]([O-])c1ccccc1C[NH+]1CCN(c2ccccc2Cl)CC1. The average molecular weight is 333 g/mol. The van der Waals surface area contributed by atoms with Gasteiger partial charge in [0.25, 0.3) is 5.69 Å². The Balaban J connectivity index is 1.64. The summed E-state index contributed by atoms with van der Waals surface area (Å²) in [7, 11) is 0. The van der Waals surface area contributed by atoms with Gasteiger partial charge in [0.05, 0.1) is 47.4 Å². The lowest BCUT2D eigenvalue weighted by atomic mass is 10.1. The van der Waals surface area contributed by atoms with Crippen LogP contribution in [0.2, 0.25) is 5.02 Å². The third kappa shape index (κ3) is 3.63. The lowest BCUT2D eigenvalue weighted by Crippen LogP contribution is -3.13. The van der Waals surface area contributed by atoms with Gasteiger partial charge in [-0.15, -0.1) is 0 Å². The van der Waals surface area contributed by atoms with Gasteiger partial charge in [0, 0.05) is 6.07 Å². The summed E-state index contributed by atoms with van der Waals surface area (Å²) in [5, 5.41) is 11.9. The summed E-state index contributed by atoms with van der Waals surface area (Å²) in [6, 6.07) is 14.9. The number of nitrogens with zero attached hydrogens (tertiary/aromatic N) is 2. The van der Waals surface area contributed by atoms with Crippen molar-refractivity contribution >= 4 is 23.0 Å². The number of para-hydroxylation sites is 2. The second kappa shape index (κ2) is 6.98. The fourth-order valence-corrected chi connectivity index (χ4v) is 3.31. The quantitative estimate of drug-likeness (QED) is 0.689. The molecule has 5 nitrogen and oxygen atoms in total. The second-order valence-corrected chi connectivity index (χ2v) is 6.16. The minimum absolute atomic E-state index is 0.216. The molecule has 120 valence electrons. The molecule has 1 N–H and O–H groups in total. The number of hydrogen-bond donors (Lipinski definition) is 1. The smallest absolute Gasteiger partial charge is 0.278 e. The zero-order valence-corrected chi connectivity index (χ0v) is 13.5. The predicted octanol–water partition coefficient (Wildman–Crippen LogP) is 2.15. The molecule has 6 heteroatoms. The number of nitro benzene ring substituents is 1. The van der Waals surface area contributed by atoms with E-state index < -0.39 is 0 Å². The summed E-state index contributed by atoms with van der Waals surface area (Å²) in [6.07, 6.45) is 0. The number of nitro groups is 1. The highest BCUT2D eigenvalue weighted by molar-refractivity contribution is 6.33. The average Bonchev–Trinajstić information content (AvgIpc) is 2.56. The van der Waals surface area contributed by atoms with Crippen molar-refractivity contribution in [2.75, 3.05) is 31.1 Å². The number of piperazine rings is 1. The van der Waals surface area contributed by atoms with E-state index in [0.717, 1.165) is 42.5 Å². The highest BCUT2D eigenvalue weighted by Crippen LogP contribution is 2.25. The van der Waals surface area contributed by atoms with Gasteiger partial charge < -0.3 is 9.80 Å². The first kappa shape index (κ1) is 15.8. The number of halogens is 1. The van der Waals surface area contributed by atoms with Crippen LogP contribution in [0.25, 0.3) is 0 Å². The molecule has 0 aromatic heterocycles. The van der Waals surface area contributed by atoms with Gasteiger partial charge in [-0.05, 0) is 18.2 Å². The maximum atomic E-state index is 11.1. The van der Waals surface area contributed by atoms with E-state index in [0.29, 0.717) is 6.54 Å². The summed E-state index contributed by atoms with van der Waals surface area (Å²) >= 11 is 6.26. The molecule has 2 aromatic rings. The van der Waals surface area contributed by atoms with Crippen LogP contribution < -0.4 is 9.80 Å². The van der Waals surface area contributed by atoms with Crippen LogP contribution in [0, 0.1) is 10.1 Å². The fourth-order valence-electron chi connectivity index (χ4n) is 3.06. The van der Waals surface area contributed by atoms with Crippen LogP contribution in [0.3, 0.4) is 0 Å². The number of benzene rings is 2. The van der Waals surface area contributed by atoms with Gasteiger partial charge in [-0.1, -0.05) is 35.9 Å². The number of quaternary nitrogens is 1. The maximum Gasteiger partial charge on any atom is 0.278 e. The minimum atomic E-state index is -0.297. The van der Waals surface area contributed by atoms with Crippen molar-refractivity contribution in [2.24, 2.45) is 0 Å². The second-order valence-electron chi connectivity index (χ2n) is 5.75. The number of rotatable bonds is 4. The Morgan fingerprint density at radius 1 is 1.09 bits per heavy atom. The molecule has 1 fully saturated rings. The highest BCUT2D eigenvalue weighted by Gasteiger charge is 2.24. The predicted molar refractivity (Wildman–Crippen MR) is 91.2 cm³/mol. The summed E-state index contributed by atoms with van der Waals surface area (Å²) in [5.74, 6) is 0. The van der Waals surface area contributed by atoms with Crippen LogP contribution in [-0.4, -0.2) is 31.1 Å². The van der Waals surface area contributed by atoms with E-state index in [2.05, 4.69) is 4.90 Å². The summed E-state index contributed by atoms with van der Waals surface area (Å²) in [5.41, 5.74) is 2.09. The monoisotopic (exact) mass is 332 g/mol. The molecule has 0 amide bonds. The van der Waals surface area contributed by atoms with Crippen LogP contribution in [0.5, 0.6) is 0 Å². The van der Waals surface area contributed by atoms with E-state index in [4.69, 9.17) is 11.6 Å². The standard InChI is InChI=1S/C17H18ClN3O2/c18-15-6-2-4-8-17(15)20-11-9-19(10-12-20)13-14-5-1-3-7-16(14)21(22)23/h1-8H,9-13H2/p+1. The molecule has 0 bridgehead atoms. The summed E-state index contributed by atoms with van der Waals surface area (Å²) in [4.78, 5) is 14.5. The molecular weight excluding hydrogens is 314 g/mol. The molecule has 0 spiro atoms. The van der Waals surface area contributed by atoms with E-state index in [9.17, 15) is 10.1 Å². The Morgan fingerprint density at radius 2 is 1.74 bits per heavy atom. The van der Waals surface area contributed by atoms with E-state index in [1.807, 2.05) is 36.4 Å². The summed E-state index contributed by atoms with van der Waals surface area (Å²) < 4.78 is 0. The van der Waals surface area contributed by atoms with Gasteiger partial charge in [-0.25, -0.2) is 0 Å². The molecule has 1 heterocycles. The first-order valence-electron chi connectivity index (χ1n) is 7.70. The van der Waals surface area contributed by atoms with Crippen LogP contribution in [0.4, 0.5) is 11.4 Å². The molecule has 3 rings (SSSR count). The fraction of sp³-hybridized carbons (Fsp3) is 0.294. The van der Waals surface area contributed by atoms with E-state index in [1.165, 1.54) is 4.90 Å². The van der Waals surface area contributed by atoms with Gasteiger partial charge in [0.15, 0.2) is 0 Å². The molecule has 2 aromatic carbocycles. The van der Waals surface area contributed by atoms with E-state index >= 15 is 0 Å². The third-order valence-electron chi connectivity index (χ3n) is 4.29. The van der Waals surface area contributed by atoms with E-state index in [-0.39, 0.29) is 10.6 Å². The minimum Gasteiger partial charge on any atom is -0.359 e. The molecule has 0 unspecified atom stereocenters. The Kier molecular flexibility index (Phi) is 4.79. The maximum absolute atomic E-state index is 11.1. The summed E-state index contributed by atoms with van der Waals surface area (Å²) in [6.45, 7) is 4.38. The van der Waals surface area contributed by atoms with E-state index in [1.54, 1.807) is 12.1 Å². The van der Waals surface area contributed by atoms with Gasteiger partial charge in [-0.2, -0.15) is 0 Å². The zero-order chi connectivity index (χ0) is 16.2. The van der Waals surface area contributed by atoms with Crippen LogP contribution >= 0.6 is 11.6 Å². The molecule has 23 heavy (non-hydrogen) atoms. The number of anilines is 1. The molecule has 0 atom stereocenters. The lowest BCUT2D eigenvalue weighted by molar-refractivity contribution is -0.914. The van der Waals surface area contributed by atoms with Crippen LogP contribution in [-0.2, 0) is 6.54 Å². The van der Waals surface area contributed by atoms with Gasteiger partial charge in [-0.3, -0.25) is 10.1 Å². The van der Waals surface area contributed by atoms with Crippen LogP contribution in [0.1, 0.15) is 5.56 Å². The molecule has 1 saturated heterocycles. The first-order valence-corrected chi connectivity index (χ1v) is 8.08. The molecule has 0 aliphatic carbocycles. The first-order chi connectivity index (χ1) is 11.1. The van der Waals surface area contributed by atoms with Crippen molar-refractivity contribution in [1.82, 2.24) is 0 Å².